The fourth-order valence-electron chi connectivity index (χ4n) is 3.45. The molecule has 1 fully saturated rings. The average molecular weight is 320 g/mol. The number of amidine groups is 1. The quantitative estimate of drug-likeness (QED) is 0.895. The van der Waals surface area contributed by atoms with Crippen molar-refractivity contribution < 1.29 is 0 Å². The standard InChI is InChI=1S/C20H24N4/c1-6-13-24(14-7-1)15-12-21-20-16-8-2-3-9-17(16)22-18-10-4-5-11-19(18)23-20/h2-5,8-11,22H,1,6-7,12-15H2,(H,21,23). The lowest BCUT2D eigenvalue weighted by Gasteiger charge is -2.25. The van der Waals surface area contributed by atoms with Crippen LogP contribution in [-0.2, 0) is 0 Å². The first-order chi connectivity index (χ1) is 11.9. The Bertz CT molecular complexity index is 732. The molecule has 0 spiro atoms. The normalized spacial score (nSPS) is 18.9. The molecule has 24 heavy (non-hydrogen) atoms. The molecule has 2 aliphatic heterocycles. The third-order valence-corrected chi connectivity index (χ3v) is 4.77. The molecule has 2 aliphatic rings. The summed E-state index contributed by atoms with van der Waals surface area (Å²) in [4.78, 5) is 7.43. The third kappa shape index (κ3) is 3.29. The molecule has 2 heterocycles. The minimum atomic E-state index is 0.832. The summed E-state index contributed by atoms with van der Waals surface area (Å²) >= 11 is 0. The Morgan fingerprint density at radius 3 is 2.25 bits per heavy atom. The summed E-state index contributed by atoms with van der Waals surface area (Å²) in [6.45, 7) is 4.32. The van der Waals surface area contributed by atoms with Gasteiger partial charge in [0.15, 0.2) is 0 Å². The third-order valence-electron chi connectivity index (χ3n) is 4.77. The van der Waals surface area contributed by atoms with Gasteiger partial charge in [-0.25, -0.2) is 0 Å². The fourth-order valence-corrected chi connectivity index (χ4v) is 3.45. The fraction of sp³-hybridized carbons (Fsp3) is 0.350. The smallest absolute Gasteiger partial charge is 0.134 e. The summed E-state index contributed by atoms with van der Waals surface area (Å²) in [5.41, 5.74) is 4.40. The zero-order valence-corrected chi connectivity index (χ0v) is 14.0. The molecular formula is C20H24N4. The van der Waals surface area contributed by atoms with Crippen molar-refractivity contribution >= 4 is 22.9 Å². The van der Waals surface area contributed by atoms with Crippen LogP contribution in [0.2, 0.25) is 0 Å². The molecule has 0 aromatic heterocycles. The van der Waals surface area contributed by atoms with Crippen LogP contribution in [0.1, 0.15) is 24.8 Å². The van der Waals surface area contributed by atoms with Gasteiger partial charge in [-0.15, -0.1) is 0 Å². The van der Waals surface area contributed by atoms with Crippen LogP contribution in [-0.4, -0.2) is 36.9 Å². The van der Waals surface area contributed by atoms with Crippen LogP contribution in [0, 0.1) is 0 Å². The van der Waals surface area contributed by atoms with E-state index >= 15 is 0 Å². The molecule has 2 aromatic carbocycles. The molecule has 4 heteroatoms. The lowest BCUT2D eigenvalue weighted by molar-refractivity contribution is 0.235. The molecule has 0 aliphatic carbocycles. The summed E-state index contributed by atoms with van der Waals surface area (Å²) in [7, 11) is 0. The maximum absolute atomic E-state index is 4.90. The number of nitrogens with one attached hydrogen (secondary N) is 2. The number of hydrogen-bond acceptors (Lipinski definition) is 3. The van der Waals surface area contributed by atoms with Gasteiger partial charge < -0.3 is 15.5 Å². The number of fused-ring (bicyclic) bond motifs is 2. The van der Waals surface area contributed by atoms with Crippen molar-refractivity contribution in [2.24, 2.45) is 4.99 Å². The summed E-state index contributed by atoms with van der Waals surface area (Å²) in [5.74, 6) is 0.958. The number of anilines is 3. The lowest BCUT2D eigenvalue weighted by Crippen LogP contribution is -2.32. The van der Waals surface area contributed by atoms with E-state index in [1.54, 1.807) is 0 Å². The Morgan fingerprint density at radius 1 is 0.792 bits per heavy atom. The second-order valence-corrected chi connectivity index (χ2v) is 6.47. The zero-order chi connectivity index (χ0) is 16.2. The summed E-state index contributed by atoms with van der Waals surface area (Å²) in [6, 6.07) is 16.7. The molecule has 1 saturated heterocycles. The molecule has 4 rings (SSSR count). The Labute approximate surface area is 143 Å². The number of benzene rings is 2. The van der Waals surface area contributed by atoms with Crippen molar-refractivity contribution in [2.45, 2.75) is 19.3 Å². The summed E-state index contributed by atoms with van der Waals surface area (Å²) in [6.07, 6.45) is 4.03. The number of likely N-dealkylation sites (tertiary alicyclic amines) is 1. The van der Waals surface area contributed by atoms with Crippen molar-refractivity contribution in [2.75, 3.05) is 36.8 Å². The molecule has 4 nitrogen and oxygen atoms in total. The molecule has 0 amide bonds. The van der Waals surface area contributed by atoms with Gasteiger partial charge in [-0.2, -0.15) is 0 Å². The van der Waals surface area contributed by atoms with E-state index in [4.69, 9.17) is 4.99 Å². The Kier molecular flexibility index (Phi) is 4.47. The predicted octanol–water partition coefficient (Wildman–Crippen LogP) is 4.09. The van der Waals surface area contributed by atoms with Gasteiger partial charge >= 0.3 is 0 Å². The van der Waals surface area contributed by atoms with Gasteiger partial charge in [0.2, 0.25) is 0 Å². The van der Waals surface area contributed by atoms with Gasteiger partial charge in [0.1, 0.15) is 5.84 Å². The molecule has 2 aromatic rings. The van der Waals surface area contributed by atoms with Crippen LogP contribution in [0.3, 0.4) is 0 Å². The largest absolute Gasteiger partial charge is 0.353 e. The van der Waals surface area contributed by atoms with Gasteiger partial charge in [0.25, 0.3) is 0 Å². The average Bonchev–Trinajstić information content (AvgIpc) is 2.79. The Morgan fingerprint density at radius 2 is 1.46 bits per heavy atom. The van der Waals surface area contributed by atoms with Crippen molar-refractivity contribution in [3.05, 3.63) is 54.1 Å². The molecule has 0 atom stereocenters. The zero-order valence-electron chi connectivity index (χ0n) is 14.0. The first kappa shape index (κ1) is 15.2. The minimum absolute atomic E-state index is 0.832. The first-order valence-corrected chi connectivity index (χ1v) is 8.89. The molecule has 0 saturated carbocycles. The molecular weight excluding hydrogens is 296 g/mol. The number of para-hydroxylation sites is 3. The number of piperidine rings is 1. The van der Waals surface area contributed by atoms with E-state index in [0.717, 1.165) is 41.6 Å². The van der Waals surface area contributed by atoms with Gasteiger partial charge in [-0.3, -0.25) is 4.99 Å². The van der Waals surface area contributed by atoms with Crippen LogP contribution >= 0.6 is 0 Å². The highest BCUT2D eigenvalue weighted by Crippen LogP contribution is 2.31. The van der Waals surface area contributed by atoms with Crippen LogP contribution in [0.5, 0.6) is 0 Å². The van der Waals surface area contributed by atoms with E-state index in [1.165, 1.54) is 32.4 Å². The Hall–Kier alpha value is -2.33. The van der Waals surface area contributed by atoms with Gasteiger partial charge in [0, 0.05) is 17.8 Å². The second kappa shape index (κ2) is 7.05. The van der Waals surface area contributed by atoms with Crippen LogP contribution < -0.4 is 10.6 Å². The molecule has 0 unspecified atom stereocenters. The highest BCUT2D eigenvalue weighted by Gasteiger charge is 2.16. The van der Waals surface area contributed by atoms with E-state index in [0.29, 0.717) is 0 Å². The van der Waals surface area contributed by atoms with E-state index in [-0.39, 0.29) is 0 Å². The maximum atomic E-state index is 4.90. The van der Waals surface area contributed by atoms with E-state index in [2.05, 4.69) is 64.1 Å². The number of rotatable bonds is 3. The molecule has 0 bridgehead atoms. The Balaban J connectivity index is 1.57. The van der Waals surface area contributed by atoms with Crippen molar-refractivity contribution in [1.82, 2.24) is 4.90 Å². The number of aliphatic imine (C=N–C) groups is 1. The van der Waals surface area contributed by atoms with Gasteiger partial charge in [-0.1, -0.05) is 30.7 Å². The summed E-state index contributed by atoms with van der Waals surface area (Å²) in [5, 5.41) is 7.04. The predicted molar refractivity (Wildman–Crippen MR) is 101 cm³/mol. The van der Waals surface area contributed by atoms with E-state index in [1.807, 2.05) is 0 Å². The van der Waals surface area contributed by atoms with Crippen molar-refractivity contribution in [3.63, 3.8) is 0 Å². The second-order valence-electron chi connectivity index (χ2n) is 6.47. The van der Waals surface area contributed by atoms with Gasteiger partial charge in [0.05, 0.1) is 17.9 Å². The highest BCUT2D eigenvalue weighted by molar-refractivity contribution is 6.15. The molecule has 2 N–H and O–H groups in total. The molecule has 124 valence electrons. The highest BCUT2D eigenvalue weighted by atomic mass is 15.1. The first-order valence-electron chi connectivity index (χ1n) is 8.89. The monoisotopic (exact) mass is 320 g/mol. The van der Waals surface area contributed by atoms with E-state index in [9.17, 15) is 0 Å². The number of hydrogen-bond donors (Lipinski definition) is 2. The number of nitrogens with zero attached hydrogens (tertiary/aromatic N) is 2. The topological polar surface area (TPSA) is 39.7 Å². The molecule has 0 radical (unpaired) electrons. The summed E-state index contributed by atoms with van der Waals surface area (Å²) < 4.78 is 0. The lowest BCUT2D eigenvalue weighted by atomic mass is 10.1. The van der Waals surface area contributed by atoms with Gasteiger partial charge in [-0.05, 0) is 50.2 Å². The van der Waals surface area contributed by atoms with Crippen molar-refractivity contribution in [1.29, 1.82) is 0 Å². The minimum Gasteiger partial charge on any atom is -0.353 e. The van der Waals surface area contributed by atoms with Crippen LogP contribution in [0.25, 0.3) is 0 Å². The van der Waals surface area contributed by atoms with E-state index < -0.39 is 0 Å². The van der Waals surface area contributed by atoms with Crippen LogP contribution in [0.4, 0.5) is 17.1 Å². The van der Waals surface area contributed by atoms with Crippen LogP contribution in [0.15, 0.2) is 53.5 Å². The maximum Gasteiger partial charge on any atom is 0.134 e. The SMILES string of the molecule is c1ccc2c(c1)NC(=NCCN1CCCCC1)c1ccccc1N2. The van der Waals surface area contributed by atoms with Crippen molar-refractivity contribution in [3.8, 4) is 0 Å².